The zero-order valence-electron chi connectivity index (χ0n) is 17.0. The highest BCUT2D eigenvalue weighted by Crippen LogP contribution is 2.33. The Morgan fingerprint density at radius 3 is 2.58 bits per heavy atom. The molecule has 31 heavy (non-hydrogen) atoms. The number of nitrogens with one attached hydrogen (secondary N) is 1. The van der Waals surface area contributed by atoms with Crippen molar-refractivity contribution in [2.45, 2.75) is 44.2 Å². The van der Waals surface area contributed by atoms with Crippen molar-refractivity contribution < 1.29 is 14.0 Å². The summed E-state index contributed by atoms with van der Waals surface area (Å²) in [5, 5.41) is 5.00. The Morgan fingerprint density at radius 1 is 1.06 bits per heavy atom. The molecule has 1 fully saturated rings. The van der Waals surface area contributed by atoms with Crippen LogP contribution in [-0.2, 0) is 4.79 Å². The van der Waals surface area contributed by atoms with Gasteiger partial charge in [0.1, 0.15) is 11.5 Å². The van der Waals surface area contributed by atoms with Crippen molar-refractivity contribution in [3.05, 3.63) is 82.6 Å². The molecule has 1 aliphatic rings. The number of halogens is 1. The Kier molecular flexibility index (Phi) is 6.72. The van der Waals surface area contributed by atoms with Crippen LogP contribution >= 0.6 is 11.3 Å². The lowest BCUT2D eigenvalue weighted by molar-refractivity contribution is -0.123. The maximum atomic E-state index is 14.1. The molecule has 2 heterocycles. The monoisotopic (exact) mass is 437 g/mol. The fourth-order valence-electron chi connectivity index (χ4n) is 3.97. The molecule has 2 aromatic heterocycles. The molecule has 1 aliphatic carbocycles. The van der Waals surface area contributed by atoms with Crippen LogP contribution in [0.3, 0.4) is 0 Å². The second-order valence-electron chi connectivity index (χ2n) is 7.63. The third-order valence-electron chi connectivity index (χ3n) is 5.46. The molecular weight excluding hydrogens is 413 g/mol. The second-order valence-corrected chi connectivity index (χ2v) is 8.61. The van der Waals surface area contributed by atoms with Crippen LogP contribution in [0.2, 0.25) is 0 Å². The van der Waals surface area contributed by atoms with Crippen molar-refractivity contribution in [1.82, 2.24) is 10.3 Å². The maximum Gasteiger partial charge on any atom is 0.277 e. The molecule has 1 aromatic carbocycles. The topological polar surface area (TPSA) is 62.3 Å². The Labute approximate surface area is 184 Å². The Hall–Kier alpha value is -3.06. The standard InChI is InChI=1S/C24H24FN3O2S/c25-17-8-6-11-19(16-17)28(24(30)20-12-4-5-14-26-20)22(21-13-7-15-31-21)23(29)27-18-9-2-1-3-10-18/h4-8,11-16,18,22H,1-3,9-10H2,(H,27,29)/t22-/m0/s1. The summed E-state index contributed by atoms with van der Waals surface area (Å²) in [4.78, 5) is 33.3. The van der Waals surface area contributed by atoms with Gasteiger partial charge in [0.15, 0.2) is 6.04 Å². The van der Waals surface area contributed by atoms with Gasteiger partial charge in [-0.3, -0.25) is 19.5 Å². The lowest BCUT2D eigenvalue weighted by atomic mass is 9.95. The van der Waals surface area contributed by atoms with E-state index in [9.17, 15) is 14.0 Å². The van der Waals surface area contributed by atoms with Crippen LogP contribution in [0.15, 0.2) is 66.2 Å². The molecule has 7 heteroatoms. The Bertz CT molecular complexity index is 1020. The summed E-state index contributed by atoms with van der Waals surface area (Å²) in [6.07, 6.45) is 6.71. The first-order valence-electron chi connectivity index (χ1n) is 10.5. The van der Waals surface area contributed by atoms with Crippen molar-refractivity contribution >= 4 is 28.8 Å². The molecule has 160 valence electrons. The van der Waals surface area contributed by atoms with E-state index in [0.717, 1.165) is 25.7 Å². The van der Waals surface area contributed by atoms with E-state index in [4.69, 9.17) is 0 Å². The highest BCUT2D eigenvalue weighted by Gasteiger charge is 2.35. The normalized spacial score (nSPS) is 15.3. The van der Waals surface area contributed by atoms with E-state index in [-0.39, 0.29) is 17.6 Å². The van der Waals surface area contributed by atoms with Crippen molar-refractivity contribution in [1.29, 1.82) is 0 Å². The third kappa shape index (κ3) is 4.99. The lowest BCUT2D eigenvalue weighted by Gasteiger charge is -2.32. The highest BCUT2D eigenvalue weighted by atomic mass is 32.1. The number of aromatic nitrogens is 1. The van der Waals surface area contributed by atoms with E-state index in [1.165, 1.54) is 47.1 Å². The average Bonchev–Trinajstić information content (AvgIpc) is 3.32. The largest absolute Gasteiger partial charge is 0.351 e. The summed E-state index contributed by atoms with van der Waals surface area (Å²) >= 11 is 1.39. The van der Waals surface area contributed by atoms with Crippen LogP contribution in [-0.4, -0.2) is 22.8 Å². The number of nitrogens with zero attached hydrogens (tertiary/aromatic N) is 2. The molecule has 2 amide bonds. The smallest absolute Gasteiger partial charge is 0.277 e. The molecular formula is C24H24FN3O2S. The minimum absolute atomic E-state index is 0.0861. The molecule has 0 saturated heterocycles. The van der Waals surface area contributed by atoms with E-state index in [2.05, 4.69) is 10.3 Å². The fraction of sp³-hybridized carbons (Fsp3) is 0.292. The highest BCUT2D eigenvalue weighted by molar-refractivity contribution is 7.10. The summed E-state index contributed by atoms with van der Waals surface area (Å²) in [7, 11) is 0. The van der Waals surface area contributed by atoms with Gasteiger partial charge >= 0.3 is 0 Å². The molecule has 1 N–H and O–H groups in total. The van der Waals surface area contributed by atoms with E-state index in [1.54, 1.807) is 24.3 Å². The van der Waals surface area contributed by atoms with Gasteiger partial charge in [0.25, 0.3) is 5.91 Å². The van der Waals surface area contributed by atoms with Gasteiger partial charge < -0.3 is 5.32 Å². The van der Waals surface area contributed by atoms with Crippen LogP contribution in [0.4, 0.5) is 10.1 Å². The van der Waals surface area contributed by atoms with Crippen LogP contribution in [0.1, 0.15) is 53.5 Å². The summed E-state index contributed by atoms with van der Waals surface area (Å²) in [5.74, 6) is -1.19. The predicted octanol–water partition coefficient (Wildman–Crippen LogP) is 5.12. The number of hydrogen-bond donors (Lipinski definition) is 1. The van der Waals surface area contributed by atoms with Crippen molar-refractivity contribution in [2.75, 3.05) is 4.90 Å². The molecule has 0 spiro atoms. The van der Waals surface area contributed by atoms with E-state index in [0.29, 0.717) is 10.6 Å². The molecule has 0 unspecified atom stereocenters. The maximum absolute atomic E-state index is 14.1. The van der Waals surface area contributed by atoms with E-state index < -0.39 is 17.8 Å². The molecule has 3 aromatic rings. The van der Waals surface area contributed by atoms with Gasteiger partial charge in [-0.05, 0) is 54.6 Å². The molecule has 0 radical (unpaired) electrons. The van der Waals surface area contributed by atoms with Crippen molar-refractivity contribution in [3.8, 4) is 0 Å². The number of carbonyl (C=O) groups excluding carboxylic acids is 2. The number of pyridine rings is 1. The van der Waals surface area contributed by atoms with Gasteiger partial charge in [0, 0.05) is 22.8 Å². The summed E-state index contributed by atoms with van der Waals surface area (Å²) in [5.41, 5.74) is 0.506. The van der Waals surface area contributed by atoms with Crippen molar-refractivity contribution in [3.63, 3.8) is 0 Å². The van der Waals surface area contributed by atoms with Crippen LogP contribution in [0.5, 0.6) is 0 Å². The summed E-state index contributed by atoms with van der Waals surface area (Å²) < 4.78 is 14.1. The number of rotatable bonds is 6. The van der Waals surface area contributed by atoms with Gasteiger partial charge in [-0.1, -0.05) is 37.5 Å². The van der Waals surface area contributed by atoms with Gasteiger partial charge in [-0.25, -0.2) is 4.39 Å². The summed E-state index contributed by atoms with van der Waals surface area (Å²) in [6.45, 7) is 0. The minimum Gasteiger partial charge on any atom is -0.351 e. The first-order chi connectivity index (χ1) is 15.1. The number of benzene rings is 1. The van der Waals surface area contributed by atoms with Crippen LogP contribution < -0.4 is 10.2 Å². The zero-order chi connectivity index (χ0) is 21.6. The van der Waals surface area contributed by atoms with Crippen molar-refractivity contribution in [2.24, 2.45) is 0 Å². The van der Waals surface area contributed by atoms with E-state index in [1.807, 2.05) is 17.5 Å². The molecule has 0 bridgehead atoms. The number of hydrogen-bond acceptors (Lipinski definition) is 4. The number of carbonyl (C=O) groups is 2. The van der Waals surface area contributed by atoms with Crippen LogP contribution in [0, 0.1) is 5.82 Å². The first kappa shape index (κ1) is 21.2. The molecule has 5 nitrogen and oxygen atoms in total. The molecule has 1 saturated carbocycles. The minimum atomic E-state index is -0.918. The molecule has 0 aliphatic heterocycles. The number of thiophene rings is 1. The van der Waals surface area contributed by atoms with Gasteiger partial charge in [-0.2, -0.15) is 0 Å². The SMILES string of the molecule is O=C(NC1CCCCC1)[C@H](c1cccs1)N(C(=O)c1ccccn1)c1cccc(F)c1. The quantitative estimate of drug-likeness (QED) is 0.582. The average molecular weight is 438 g/mol. The second kappa shape index (κ2) is 9.83. The molecule has 1 atom stereocenters. The molecule has 4 rings (SSSR count). The van der Waals surface area contributed by atoms with Gasteiger partial charge in [-0.15, -0.1) is 11.3 Å². The van der Waals surface area contributed by atoms with E-state index >= 15 is 0 Å². The first-order valence-corrected chi connectivity index (χ1v) is 11.4. The predicted molar refractivity (Wildman–Crippen MR) is 120 cm³/mol. The Balaban J connectivity index is 1.76. The van der Waals surface area contributed by atoms with Crippen LogP contribution in [0.25, 0.3) is 0 Å². The Morgan fingerprint density at radius 2 is 1.90 bits per heavy atom. The number of amides is 2. The zero-order valence-corrected chi connectivity index (χ0v) is 17.9. The van der Waals surface area contributed by atoms with Gasteiger partial charge in [0.2, 0.25) is 5.91 Å². The van der Waals surface area contributed by atoms with Gasteiger partial charge in [0.05, 0.1) is 0 Å². The third-order valence-corrected chi connectivity index (χ3v) is 6.38. The fourth-order valence-corrected chi connectivity index (χ4v) is 4.78. The summed E-state index contributed by atoms with van der Waals surface area (Å²) in [6, 6.07) is 13.6. The lowest BCUT2D eigenvalue weighted by Crippen LogP contribution is -2.47. The number of anilines is 1.